The van der Waals surface area contributed by atoms with Gasteiger partial charge >= 0.3 is 0 Å². The van der Waals surface area contributed by atoms with E-state index in [9.17, 15) is 9.90 Å². The van der Waals surface area contributed by atoms with Crippen molar-refractivity contribution < 1.29 is 15.0 Å². The number of carbonyl (C=O) groups excluding carboxylic acids is 1. The van der Waals surface area contributed by atoms with Gasteiger partial charge in [0.1, 0.15) is 5.75 Å². The number of aliphatic hydroxyl groups excluding tert-OH is 1. The minimum absolute atomic E-state index is 0.0649. The van der Waals surface area contributed by atoms with Gasteiger partial charge in [-0.05, 0) is 36.8 Å². The van der Waals surface area contributed by atoms with Crippen molar-refractivity contribution in [3.8, 4) is 5.75 Å². The number of aromatic hydroxyl groups is 1. The number of fused-ring (bicyclic) bond motifs is 1. The van der Waals surface area contributed by atoms with Crippen LogP contribution in [-0.4, -0.2) is 28.3 Å². The fourth-order valence-corrected chi connectivity index (χ4v) is 1.82. The van der Waals surface area contributed by atoms with E-state index in [1.54, 1.807) is 26.0 Å². The Morgan fingerprint density at radius 3 is 2.37 bits per heavy atom. The predicted octanol–water partition coefficient (Wildman–Crippen LogP) is 2.05. The Morgan fingerprint density at radius 2 is 1.79 bits per heavy atom. The first-order valence-corrected chi connectivity index (χ1v) is 6.08. The van der Waals surface area contributed by atoms with Gasteiger partial charge in [-0.2, -0.15) is 0 Å². The van der Waals surface area contributed by atoms with Crippen LogP contribution < -0.4 is 5.32 Å². The van der Waals surface area contributed by atoms with Gasteiger partial charge in [0, 0.05) is 0 Å². The summed E-state index contributed by atoms with van der Waals surface area (Å²) < 4.78 is 0. The normalized spacial score (nSPS) is 11.5. The Bertz CT molecular complexity index is 620. The van der Waals surface area contributed by atoms with E-state index >= 15 is 0 Å². The molecule has 0 aliphatic heterocycles. The predicted molar refractivity (Wildman–Crippen MR) is 74.2 cm³/mol. The van der Waals surface area contributed by atoms with Gasteiger partial charge in [-0.3, -0.25) is 4.79 Å². The Morgan fingerprint density at radius 1 is 1.21 bits per heavy atom. The van der Waals surface area contributed by atoms with Crippen LogP contribution in [0.25, 0.3) is 10.8 Å². The number of phenols is 1. The van der Waals surface area contributed by atoms with Crippen molar-refractivity contribution in [3.63, 3.8) is 0 Å². The highest BCUT2D eigenvalue weighted by atomic mass is 16.3. The summed E-state index contributed by atoms with van der Waals surface area (Å²) in [5.74, 6) is -0.466. The van der Waals surface area contributed by atoms with E-state index < -0.39 is 11.4 Å². The molecule has 0 aliphatic carbocycles. The molecule has 100 valence electrons. The maximum atomic E-state index is 12.1. The van der Waals surface area contributed by atoms with Crippen LogP contribution in [0.15, 0.2) is 36.4 Å². The van der Waals surface area contributed by atoms with Gasteiger partial charge in [-0.1, -0.05) is 24.3 Å². The van der Waals surface area contributed by atoms with Gasteiger partial charge in [0.15, 0.2) is 0 Å². The number of aliphatic hydroxyl groups is 1. The molecular weight excluding hydrogens is 242 g/mol. The first kappa shape index (κ1) is 13.4. The van der Waals surface area contributed by atoms with Crippen molar-refractivity contribution >= 4 is 16.7 Å². The molecule has 0 atom stereocenters. The Kier molecular flexibility index (Phi) is 3.44. The van der Waals surface area contributed by atoms with Crippen LogP contribution in [0.2, 0.25) is 0 Å². The first-order valence-electron chi connectivity index (χ1n) is 6.08. The smallest absolute Gasteiger partial charge is 0.255 e. The molecule has 4 heteroatoms. The molecule has 3 N–H and O–H groups in total. The van der Waals surface area contributed by atoms with E-state index in [2.05, 4.69) is 5.32 Å². The van der Waals surface area contributed by atoms with Crippen LogP contribution in [-0.2, 0) is 0 Å². The van der Waals surface area contributed by atoms with E-state index in [1.165, 1.54) is 0 Å². The topological polar surface area (TPSA) is 69.6 Å². The van der Waals surface area contributed by atoms with Crippen LogP contribution in [0.4, 0.5) is 0 Å². The van der Waals surface area contributed by atoms with Gasteiger partial charge in [-0.25, -0.2) is 0 Å². The highest BCUT2D eigenvalue weighted by molar-refractivity contribution is 6.01. The van der Waals surface area contributed by atoms with E-state index in [0.29, 0.717) is 0 Å². The third kappa shape index (κ3) is 2.85. The van der Waals surface area contributed by atoms with Gasteiger partial charge in [0.2, 0.25) is 0 Å². The van der Waals surface area contributed by atoms with Gasteiger partial charge in [-0.15, -0.1) is 0 Å². The summed E-state index contributed by atoms with van der Waals surface area (Å²) in [5, 5.41) is 23.5. The molecule has 0 radical (unpaired) electrons. The van der Waals surface area contributed by atoms with Crippen LogP contribution >= 0.6 is 0 Å². The van der Waals surface area contributed by atoms with Crippen LogP contribution in [0, 0.1) is 0 Å². The van der Waals surface area contributed by atoms with Gasteiger partial charge in [0.05, 0.1) is 17.7 Å². The lowest BCUT2D eigenvalue weighted by Crippen LogP contribution is -2.46. The lowest BCUT2D eigenvalue weighted by molar-refractivity contribution is 0.0867. The maximum Gasteiger partial charge on any atom is 0.255 e. The van der Waals surface area contributed by atoms with E-state index in [4.69, 9.17) is 5.11 Å². The second-order valence-corrected chi connectivity index (χ2v) is 5.21. The molecule has 0 unspecified atom stereocenters. The minimum atomic E-state index is -0.727. The lowest BCUT2D eigenvalue weighted by Gasteiger charge is -2.23. The zero-order valence-electron chi connectivity index (χ0n) is 11.0. The molecule has 0 spiro atoms. The molecule has 0 heterocycles. The Labute approximate surface area is 111 Å². The van der Waals surface area contributed by atoms with Crippen LogP contribution in [0.5, 0.6) is 5.75 Å². The molecule has 0 saturated carbocycles. The minimum Gasteiger partial charge on any atom is -0.507 e. The van der Waals surface area contributed by atoms with Crippen molar-refractivity contribution in [1.29, 1.82) is 0 Å². The monoisotopic (exact) mass is 259 g/mol. The number of rotatable bonds is 3. The molecule has 0 aromatic heterocycles. The molecule has 1 amide bonds. The highest BCUT2D eigenvalue weighted by Crippen LogP contribution is 2.25. The molecule has 0 bridgehead atoms. The first-order chi connectivity index (χ1) is 8.93. The Hall–Kier alpha value is -2.07. The summed E-state index contributed by atoms with van der Waals surface area (Å²) in [6, 6.07) is 10.7. The van der Waals surface area contributed by atoms with Crippen molar-refractivity contribution in [2.45, 2.75) is 19.4 Å². The number of carbonyl (C=O) groups is 1. The van der Waals surface area contributed by atoms with Crippen molar-refractivity contribution in [2.75, 3.05) is 6.61 Å². The standard InChI is InChI=1S/C15H17NO3/c1-15(2,9-17)16-14(19)12-7-10-5-3-4-6-11(10)8-13(12)18/h3-8,17-18H,9H2,1-2H3,(H,16,19). The third-order valence-electron chi connectivity index (χ3n) is 2.96. The third-order valence-corrected chi connectivity index (χ3v) is 2.96. The number of hydrogen-bond acceptors (Lipinski definition) is 3. The lowest BCUT2D eigenvalue weighted by atomic mass is 10.0. The number of hydrogen-bond donors (Lipinski definition) is 3. The van der Waals surface area contributed by atoms with Crippen molar-refractivity contribution in [3.05, 3.63) is 42.0 Å². The molecule has 0 saturated heterocycles. The zero-order chi connectivity index (χ0) is 14.0. The Balaban J connectivity index is 2.39. The second-order valence-electron chi connectivity index (χ2n) is 5.21. The average molecular weight is 259 g/mol. The summed E-state index contributed by atoms with van der Waals surface area (Å²) in [7, 11) is 0. The molecule has 2 aromatic carbocycles. The summed E-state index contributed by atoms with van der Waals surface area (Å²) in [6.45, 7) is 3.25. The quantitative estimate of drug-likeness (QED) is 0.790. The summed E-state index contributed by atoms with van der Waals surface area (Å²) in [6.07, 6.45) is 0. The molecule has 4 nitrogen and oxygen atoms in total. The molecule has 19 heavy (non-hydrogen) atoms. The highest BCUT2D eigenvalue weighted by Gasteiger charge is 2.22. The molecule has 2 rings (SSSR count). The maximum absolute atomic E-state index is 12.1. The molecule has 2 aromatic rings. The SMILES string of the molecule is CC(C)(CO)NC(=O)c1cc2ccccc2cc1O. The van der Waals surface area contributed by atoms with E-state index in [0.717, 1.165) is 10.8 Å². The summed E-state index contributed by atoms with van der Waals surface area (Å²) in [4.78, 5) is 12.1. The number of phenolic OH excluding ortho intramolecular Hbond substituents is 1. The average Bonchev–Trinajstić information content (AvgIpc) is 2.37. The van der Waals surface area contributed by atoms with Gasteiger partial charge < -0.3 is 15.5 Å². The van der Waals surface area contributed by atoms with Crippen molar-refractivity contribution in [2.24, 2.45) is 0 Å². The summed E-state index contributed by atoms with van der Waals surface area (Å²) in [5.41, 5.74) is -0.518. The van der Waals surface area contributed by atoms with E-state index in [1.807, 2.05) is 24.3 Å². The molecular formula is C15H17NO3. The number of benzene rings is 2. The fourth-order valence-electron chi connectivity index (χ4n) is 1.82. The van der Waals surface area contributed by atoms with Gasteiger partial charge in [0.25, 0.3) is 5.91 Å². The van der Waals surface area contributed by atoms with Crippen LogP contribution in [0.1, 0.15) is 24.2 Å². The van der Waals surface area contributed by atoms with Crippen LogP contribution in [0.3, 0.4) is 0 Å². The number of amides is 1. The molecule has 0 fully saturated rings. The van der Waals surface area contributed by atoms with Crippen molar-refractivity contribution in [1.82, 2.24) is 5.32 Å². The number of nitrogens with one attached hydrogen (secondary N) is 1. The zero-order valence-corrected chi connectivity index (χ0v) is 11.0. The van der Waals surface area contributed by atoms with E-state index in [-0.39, 0.29) is 17.9 Å². The summed E-state index contributed by atoms with van der Waals surface area (Å²) >= 11 is 0. The fraction of sp³-hybridized carbons (Fsp3) is 0.267. The molecule has 0 aliphatic rings. The second kappa shape index (κ2) is 4.90. The largest absolute Gasteiger partial charge is 0.507 e.